The van der Waals surface area contributed by atoms with Crippen LogP contribution < -0.4 is 5.32 Å². The van der Waals surface area contributed by atoms with Gasteiger partial charge in [-0.2, -0.15) is 0 Å². The average molecular weight is 406 g/mol. The lowest BCUT2D eigenvalue weighted by atomic mass is 9.91. The minimum atomic E-state index is -0.368. The van der Waals surface area contributed by atoms with E-state index in [1.54, 1.807) is 16.7 Å². The molecule has 1 aliphatic rings. The molecule has 1 aromatic rings. The summed E-state index contributed by atoms with van der Waals surface area (Å²) in [5.74, 6) is 1.30. The molecule has 2 rings (SSSR count). The second kappa shape index (κ2) is 10.3. The van der Waals surface area contributed by atoms with Crippen LogP contribution in [0.5, 0.6) is 0 Å². The Hall–Kier alpha value is -1.53. The van der Waals surface area contributed by atoms with Gasteiger partial charge in [0.05, 0.1) is 11.9 Å². The van der Waals surface area contributed by atoms with Gasteiger partial charge in [0.1, 0.15) is 6.04 Å². The van der Waals surface area contributed by atoms with E-state index in [0.717, 1.165) is 13.1 Å². The van der Waals surface area contributed by atoms with Gasteiger partial charge in [-0.05, 0) is 24.1 Å². The van der Waals surface area contributed by atoms with Gasteiger partial charge in [0, 0.05) is 18.7 Å². The Morgan fingerprint density at radius 1 is 1.21 bits per heavy atom. The molecular weight excluding hydrogens is 370 g/mol. The molecule has 1 aromatic carbocycles. The molecule has 0 aliphatic carbocycles. The minimum absolute atomic E-state index is 0.0413. The number of thioether (sulfide) groups is 1. The van der Waals surface area contributed by atoms with Crippen LogP contribution in [0.3, 0.4) is 0 Å². The standard InChI is InChI=1S/C22H35N3O2S/c1-6-24(7-2)18(17-11-9-8-10-12-17)14-23-21(27)19-15-28-16-25(19)20(26)13-22(3,4)5/h8-12,18-19H,6-7,13-16H2,1-5H3,(H,23,27). The molecule has 2 amide bonds. The fraction of sp³-hybridized carbons (Fsp3) is 0.636. The maximum atomic E-state index is 12.9. The number of amides is 2. The van der Waals surface area contributed by atoms with Crippen LogP contribution in [0, 0.1) is 5.41 Å². The van der Waals surface area contributed by atoms with Crippen LogP contribution in [0.25, 0.3) is 0 Å². The second-order valence-corrected chi connectivity index (χ2v) is 9.51. The Labute approximate surface area is 174 Å². The van der Waals surface area contributed by atoms with E-state index in [1.807, 2.05) is 18.2 Å². The van der Waals surface area contributed by atoms with Crippen molar-refractivity contribution in [3.05, 3.63) is 35.9 Å². The van der Waals surface area contributed by atoms with E-state index in [0.29, 0.717) is 24.6 Å². The van der Waals surface area contributed by atoms with Crippen LogP contribution in [0.4, 0.5) is 0 Å². The monoisotopic (exact) mass is 405 g/mol. The van der Waals surface area contributed by atoms with E-state index in [2.05, 4.69) is 57.0 Å². The largest absolute Gasteiger partial charge is 0.352 e. The highest BCUT2D eigenvalue weighted by Crippen LogP contribution is 2.27. The summed E-state index contributed by atoms with van der Waals surface area (Å²) in [6, 6.07) is 10.1. The summed E-state index contributed by atoms with van der Waals surface area (Å²) in [5.41, 5.74) is 1.12. The molecule has 1 fully saturated rings. The Balaban J connectivity index is 2.04. The van der Waals surface area contributed by atoms with Crippen molar-refractivity contribution in [3.63, 3.8) is 0 Å². The third-order valence-electron chi connectivity index (χ3n) is 5.09. The van der Waals surface area contributed by atoms with Crippen molar-refractivity contribution in [3.8, 4) is 0 Å². The molecular formula is C22H35N3O2S. The van der Waals surface area contributed by atoms with Gasteiger partial charge in [0.15, 0.2) is 0 Å². The lowest BCUT2D eigenvalue weighted by molar-refractivity contribution is -0.139. The van der Waals surface area contributed by atoms with Gasteiger partial charge in [-0.3, -0.25) is 14.5 Å². The first kappa shape index (κ1) is 22.8. The summed E-state index contributed by atoms with van der Waals surface area (Å²) in [7, 11) is 0. The van der Waals surface area contributed by atoms with Gasteiger partial charge in [0.25, 0.3) is 0 Å². The molecule has 2 unspecified atom stereocenters. The van der Waals surface area contributed by atoms with E-state index in [4.69, 9.17) is 0 Å². The molecule has 1 N–H and O–H groups in total. The first-order valence-electron chi connectivity index (χ1n) is 10.2. The number of nitrogens with one attached hydrogen (secondary N) is 1. The Bertz CT molecular complexity index is 641. The second-order valence-electron chi connectivity index (χ2n) is 8.51. The molecule has 0 spiro atoms. The Kier molecular flexibility index (Phi) is 8.38. The van der Waals surface area contributed by atoms with Crippen molar-refractivity contribution in [2.45, 2.75) is 53.1 Å². The van der Waals surface area contributed by atoms with Crippen LogP contribution in [-0.4, -0.2) is 58.9 Å². The van der Waals surface area contributed by atoms with Crippen LogP contribution in [0.1, 0.15) is 52.6 Å². The third-order valence-corrected chi connectivity index (χ3v) is 6.11. The number of carbonyl (C=O) groups excluding carboxylic acids is 2. The zero-order valence-corrected chi connectivity index (χ0v) is 18.7. The lowest BCUT2D eigenvalue weighted by Crippen LogP contribution is -2.49. The third kappa shape index (κ3) is 6.24. The summed E-state index contributed by atoms with van der Waals surface area (Å²) in [6.07, 6.45) is 0.462. The van der Waals surface area contributed by atoms with E-state index in [9.17, 15) is 9.59 Å². The number of likely N-dealkylation sites (N-methyl/N-ethyl adjacent to an activating group) is 1. The number of rotatable bonds is 8. The van der Waals surface area contributed by atoms with Crippen LogP contribution in [0.15, 0.2) is 30.3 Å². The first-order valence-corrected chi connectivity index (χ1v) is 11.4. The SMILES string of the molecule is CCN(CC)C(CNC(=O)C1CSCN1C(=O)CC(C)(C)C)c1ccccc1. The molecule has 156 valence electrons. The maximum Gasteiger partial charge on any atom is 0.243 e. The lowest BCUT2D eigenvalue weighted by Gasteiger charge is -2.31. The smallest absolute Gasteiger partial charge is 0.243 e. The van der Waals surface area contributed by atoms with Crippen molar-refractivity contribution in [2.24, 2.45) is 5.41 Å². The Morgan fingerprint density at radius 3 is 2.43 bits per heavy atom. The summed E-state index contributed by atoms with van der Waals surface area (Å²) >= 11 is 1.65. The quantitative estimate of drug-likeness (QED) is 0.719. The fourth-order valence-corrected chi connectivity index (χ4v) is 4.75. The molecule has 28 heavy (non-hydrogen) atoms. The minimum Gasteiger partial charge on any atom is -0.352 e. The van der Waals surface area contributed by atoms with Crippen molar-refractivity contribution in [1.29, 1.82) is 0 Å². The van der Waals surface area contributed by atoms with Gasteiger partial charge in [0.2, 0.25) is 11.8 Å². The molecule has 0 saturated carbocycles. The van der Waals surface area contributed by atoms with Crippen molar-refractivity contribution >= 4 is 23.6 Å². The topological polar surface area (TPSA) is 52.7 Å². The van der Waals surface area contributed by atoms with Gasteiger partial charge < -0.3 is 10.2 Å². The zero-order chi connectivity index (χ0) is 20.7. The highest BCUT2D eigenvalue weighted by molar-refractivity contribution is 7.99. The molecule has 0 bridgehead atoms. The summed E-state index contributed by atoms with van der Waals surface area (Å²) in [4.78, 5) is 29.7. The molecule has 1 saturated heterocycles. The van der Waals surface area contributed by atoms with Crippen LogP contribution >= 0.6 is 11.8 Å². The average Bonchev–Trinajstić information content (AvgIpc) is 3.14. The fourth-order valence-electron chi connectivity index (χ4n) is 3.57. The maximum absolute atomic E-state index is 12.9. The number of nitrogens with zero attached hydrogens (tertiary/aromatic N) is 2. The van der Waals surface area contributed by atoms with E-state index < -0.39 is 0 Å². The summed E-state index contributed by atoms with van der Waals surface area (Å²) in [6.45, 7) is 12.8. The number of benzene rings is 1. The Morgan fingerprint density at radius 2 is 1.86 bits per heavy atom. The van der Waals surface area contributed by atoms with Crippen LogP contribution in [-0.2, 0) is 9.59 Å². The highest BCUT2D eigenvalue weighted by Gasteiger charge is 2.36. The van der Waals surface area contributed by atoms with Crippen LogP contribution in [0.2, 0.25) is 0 Å². The van der Waals surface area contributed by atoms with Crippen molar-refractivity contribution < 1.29 is 9.59 Å². The number of hydrogen-bond acceptors (Lipinski definition) is 4. The molecule has 2 atom stereocenters. The van der Waals surface area contributed by atoms with E-state index in [-0.39, 0.29) is 29.3 Å². The molecule has 0 radical (unpaired) electrons. The van der Waals surface area contributed by atoms with Crippen molar-refractivity contribution in [1.82, 2.24) is 15.1 Å². The molecule has 6 heteroatoms. The number of hydrogen-bond donors (Lipinski definition) is 1. The molecule has 1 heterocycles. The first-order chi connectivity index (χ1) is 13.3. The van der Waals surface area contributed by atoms with Gasteiger partial charge >= 0.3 is 0 Å². The number of carbonyl (C=O) groups is 2. The molecule has 5 nitrogen and oxygen atoms in total. The van der Waals surface area contributed by atoms with Gasteiger partial charge in [-0.15, -0.1) is 11.8 Å². The summed E-state index contributed by atoms with van der Waals surface area (Å²) < 4.78 is 0. The normalized spacial score (nSPS) is 18.4. The van der Waals surface area contributed by atoms with Gasteiger partial charge in [-0.25, -0.2) is 0 Å². The predicted octanol–water partition coefficient (Wildman–Crippen LogP) is 3.52. The van der Waals surface area contributed by atoms with Crippen molar-refractivity contribution in [2.75, 3.05) is 31.3 Å². The van der Waals surface area contributed by atoms with Gasteiger partial charge in [-0.1, -0.05) is 65.0 Å². The van der Waals surface area contributed by atoms with E-state index >= 15 is 0 Å². The molecule has 1 aliphatic heterocycles. The zero-order valence-electron chi connectivity index (χ0n) is 17.9. The van der Waals surface area contributed by atoms with E-state index in [1.165, 1.54) is 5.56 Å². The predicted molar refractivity (Wildman–Crippen MR) is 117 cm³/mol. The summed E-state index contributed by atoms with van der Waals surface area (Å²) in [5, 5.41) is 3.13. The highest BCUT2D eigenvalue weighted by atomic mass is 32.2. The molecule has 0 aromatic heterocycles.